The summed E-state index contributed by atoms with van der Waals surface area (Å²) >= 11 is 0. The zero-order valence-electron chi connectivity index (χ0n) is 2.67. The van der Waals surface area contributed by atoms with E-state index in [0.717, 1.165) is 0 Å². The van der Waals surface area contributed by atoms with Crippen LogP contribution in [0.2, 0.25) is 0 Å². The summed E-state index contributed by atoms with van der Waals surface area (Å²) in [5.41, 5.74) is 0. The van der Waals surface area contributed by atoms with Crippen molar-refractivity contribution in [2.45, 2.75) is 0 Å². The fourth-order valence-corrected chi connectivity index (χ4v) is 0. The monoisotopic (exact) mass is 104 g/mol. The van der Waals surface area contributed by atoms with Crippen LogP contribution in [0.4, 0.5) is 0 Å². The first kappa shape index (κ1) is 9.69. The maximum atomic E-state index is 8.33. The van der Waals surface area contributed by atoms with Crippen LogP contribution in [0.5, 0.6) is 0 Å². The summed E-state index contributed by atoms with van der Waals surface area (Å²) in [6, 6.07) is 0. The van der Waals surface area contributed by atoms with Crippen LogP contribution in [0, 0.1) is 0 Å². The van der Waals surface area contributed by atoms with Gasteiger partial charge in [0.05, 0.1) is 0 Å². The summed E-state index contributed by atoms with van der Waals surface area (Å²) in [5, 5.41) is 20.0. The average molecular weight is 104 g/mol. The van der Waals surface area contributed by atoms with Crippen LogP contribution in [-0.4, -0.2) is 5.26 Å². The summed E-state index contributed by atoms with van der Waals surface area (Å²) < 4.78 is 0. The summed E-state index contributed by atoms with van der Waals surface area (Å²) in [4.78, 5) is 0. The molecule has 0 heterocycles. The third-order valence-electron chi connectivity index (χ3n) is 0.0304. The predicted octanol–water partition coefficient (Wildman–Crippen LogP) is -4.31. The molecule has 0 radical (unpaired) electrons. The zero-order chi connectivity index (χ0) is 3.41. The Balaban J connectivity index is 0. The van der Waals surface area contributed by atoms with Gasteiger partial charge in [-0.05, 0) is 0 Å². The summed E-state index contributed by atoms with van der Waals surface area (Å²) in [6.07, 6.45) is 0. The molecule has 1 N–H and O–H groups in total. The average Bonchev–Trinajstić information content (AvgIpc) is 1.37. The van der Waals surface area contributed by atoms with Gasteiger partial charge in [0.25, 0.3) is 0 Å². The van der Waals surface area contributed by atoms with Crippen molar-refractivity contribution in [1.29, 1.82) is 0 Å². The minimum Gasteiger partial charge on any atom is -0.690 e. The molecule has 0 aromatic carbocycles. The molecule has 0 atom stereocenters. The van der Waals surface area contributed by atoms with Crippen molar-refractivity contribution in [3.63, 3.8) is 0 Å². The first-order valence-electron chi connectivity index (χ1n) is 0.516. The van der Waals surface area contributed by atoms with Gasteiger partial charge in [0.15, 0.2) is 0 Å². The Labute approximate surface area is 70.9 Å². The maximum absolute atomic E-state index is 8.33. The van der Waals surface area contributed by atoms with Gasteiger partial charge in [-0.1, -0.05) is 5.04 Å². The molecule has 0 rings (SSSR count). The molecule has 0 unspecified atom stereocenters. The Morgan fingerprint density at radius 2 is 1.80 bits per heavy atom. The van der Waals surface area contributed by atoms with E-state index in [-0.39, 0.29) is 51.4 Å². The normalized spacial score (nSPS) is 6.00. The van der Waals surface area contributed by atoms with Gasteiger partial charge in [0.1, 0.15) is 0 Å². The maximum Gasteiger partial charge on any atom is 1.00 e. The first-order chi connectivity index (χ1) is 1.91. The fourth-order valence-electron chi connectivity index (χ4n) is 0. The molecule has 26 valence electrons. The van der Waals surface area contributed by atoms with Crippen LogP contribution >= 0.6 is 0 Å². The Kier molecular flexibility index (Phi) is 17.6. The predicted molar refractivity (Wildman–Crippen MR) is 4.80 cm³/mol. The molecule has 5 heteroatoms. The van der Waals surface area contributed by atoms with E-state index in [9.17, 15) is 0 Å². The molecule has 0 bridgehead atoms. The van der Waals surface area contributed by atoms with E-state index in [1.54, 1.807) is 0 Å². The molecule has 0 saturated heterocycles. The van der Waals surface area contributed by atoms with E-state index in [0.29, 0.717) is 0 Å². The van der Waals surface area contributed by atoms with Crippen molar-refractivity contribution in [1.82, 2.24) is 0 Å². The topological polar surface area (TPSA) is 61.8 Å². The number of hydrogen-bond donors (Lipinski definition) is 1. The SMILES string of the molecule is [K+].[O-]OOO. The van der Waals surface area contributed by atoms with Crippen molar-refractivity contribution in [3.8, 4) is 0 Å². The van der Waals surface area contributed by atoms with Crippen molar-refractivity contribution >= 4 is 0 Å². The molecule has 4 nitrogen and oxygen atoms in total. The zero-order valence-corrected chi connectivity index (χ0v) is 5.80. The third-order valence-corrected chi connectivity index (χ3v) is 0.0304. The summed E-state index contributed by atoms with van der Waals surface area (Å²) in [7, 11) is 0. The van der Waals surface area contributed by atoms with Gasteiger partial charge in [0, 0.05) is 0 Å². The van der Waals surface area contributed by atoms with Crippen LogP contribution in [0.15, 0.2) is 0 Å². The quantitative estimate of drug-likeness (QED) is 0.208. The molecule has 0 amide bonds. The van der Waals surface area contributed by atoms with Gasteiger partial charge < -0.3 is 5.26 Å². The van der Waals surface area contributed by atoms with Crippen molar-refractivity contribution in [2.24, 2.45) is 0 Å². The molecule has 0 aliphatic rings. The van der Waals surface area contributed by atoms with Gasteiger partial charge >= 0.3 is 51.4 Å². The molecule has 0 aromatic heterocycles. The van der Waals surface area contributed by atoms with Crippen molar-refractivity contribution in [2.75, 3.05) is 0 Å². The second-order valence-electron chi connectivity index (χ2n) is 0.143. The summed E-state index contributed by atoms with van der Waals surface area (Å²) in [5.74, 6) is 0. The smallest absolute Gasteiger partial charge is 0.690 e. The molecule has 0 aromatic rings. The van der Waals surface area contributed by atoms with Gasteiger partial charge in [0.2, 0.25) is 0 Å². The number of hydrogen-bond acceptors (Lipinski definition) is 4. The number of rotatable bonds is 1. The Hall–Kier alpha value is 1.48. The van der Waals surface area contributed by atoms with E-state index in [1.807, 2.05) is 0 Å². The fraction of sp³-hybridized carbons (Fsp3) is 0. The Morgan fingerprint density at radius 3 is 1.80 bits per heavy atom. The molecule has 0 spiro atoms. The third kappa shape index (κ3) is 10.8. The molecule has 5 heavy (non-hydrogen) atoms. The van der Waals surface area contributed by atoms with Crippen LogP contribution in [0.1, 0.15) is 0 Å². The van der Waals surface area contributed by atoms with Gasteiger partial charge in [-0.3, -0.25) is 5.04 Å². The first-order valence-corrected chi connectivity index (χ1v) is 0.516. The van der Waals surface area contributed by atoms with Crippen LogP contribution in [0.25, 0.3) is 0 Å². The van der Waals surface area contributed by atoms with Crippen LogP contribution in [0.3, 0.4) is 0 Å². The van der Waals surface area contributed by atoms with E-state index in [2.05, 4.69) is 10.1 Å². The van der Waals surface area contributed by atoms with Gasteiger partial charge in [-0.25, -0.2) is 5.26 Å². The second-order valence-corrected chi connectivity index (χ2v) is 0.143. The van der Waals surface area contributed by atoms with E-state index in [4.69, 9.17) is 10.5 Å². The Morgan fingerprint density at radius 1 is 1.60 bits per heavy atom. The largest absolute Gasteiger partial charge is 1.00 e. The summed E-state index contributed by atoms with van der Waals surface area (Å²) in [6.45, 7) is 0. The second kappa shape index (κ2) is 9.08. The van der Waals surface area contributed by atoms with Crippen LogP contribution < -0.4 is 56.6 Å². The minimum atomic E-state index is 0. The van der Waals surface area contributed by atoms with Gasteiger partial charge in [-0.2, -0.15) is 0 Å². The molecule has 0 aliphatic carbocycles. The molecule has 0 saturated carbocycles. The van der Waals surface area contributed by atoms with E-state index >= 15 is 0 Å². The molecule has 0 fully saturated rings. The molecular weight excluding hydrogens is 103 g/mol. The standard InChI is InChI=1S/K.H2O4/c;1-3-4-2/h;1-2H/q+1;/p-1. The van der Waals surface area contributed by atoms with E-state index in [1.165, 1.54) is 0 Å². The van der Waals surface area contributed by atoms with Crippen molar-refractivity contribution in [3.05, 3.63) is 0 Å². The van der Waals surface area contributed by atoms with E-state index < -0.39 is 0 Å². The molecular formula is HKO4. The van der Waals surface area contributed by atoms with Gasteiger partial charge in [-0.15, -0.1) is 0 Å². The van der Waals surface area contributed by atoms with Crippen molar-refractivity contribution < 1.29 is 72.0 Å². The molecule has 0 aliphatic heterocycles. The minimum absolute atomic E-state index is 0. The Bertz CT molecular complexity index is 5.61. The van der Waals surface area contributed by atoms with Crippen LogP contribution in [-0.2, 0) is 10.1 Å².